The van der Waals surface area contributed by atoms with E-state index >= 15 is 0 Å². The van der Waals surface area contributed by atoms with Crippen molar-refractivity contribution in [3.05, 3.63) is 54.2 Å². The van der Waals surface area contributed by atoms with Gasteiger partial charge in [-0.05, 0) is 36.7 Å². The third kappa shape index (κ3) is 3.86. The number of pyridine rings is 1. The van der Waals surface area contributed by atoms with Crippen LogP contribution >= 0.6 is 0 Å². The molecule has 0 aromatic carbocycles. The van der Waals surface area contributed by atoms with Crippen LogP contribution in [0.3, 0.4) is 0 Å². The molecule has 2 aliphatic rings. The predicted octanol–water partition coefficient (Wildman–Crippen LogP) is 2.40. The molecule has 0 amide bonds. The van der Waals surface area contributed by atoms with Crippen molar-refractivity contribution in [1.82, 2.24) is 14.8 Å². The van der Waals surface area contributed by atoms with Gasteiger partial charge < -0.3 is 9.15 Å². The maximum atomic E-state index is 6.21. The molecule has 0 unspecified atom stereocenters. The van der Waals surface area contributed by atoms with Gasteiger partial charge in [0.15, 0.2) is 0 Å². The van der Waals surface area contributed by atoms with Crippen molar-refractivity contribution in [3.8, 4) is 0 Å². The summed E-state index contributed by atoms with van der Waals surface area (Å²) in [6, 6.07) is 6.27. The van der Waals surface area contributed by atoms with E-state index in [4.69, 9.17) is 9.15 Å². The first kappa shape index (κ1) is 15.8. The van der Waals surface area contributed by atoms with Crippen LogP contribution in [0.25, 0.3) is 0 Å². The minimum absolute atomic E-state index is 0.355. The molecule has 0 spiro atoms. The molecule has 24 heavy (non-hydrogen) atoms. The van der Waals surface area contributed by atoms with Crippen LogP contribution in [-0.2, 0) is 17.8 Å². The number of rotatable bonds is 4. The van der Waals surface area contributed by atoms with Gasteiger partial charge in [0.05, 0.1) is 25.2 Å². The Hall–Kier alpha value is -1.69. The fourth-order valence-electron chi connectivity index (χ4n) is 3.86. The van der Waals surface area contributed by atoms with Gasteiger partial charge in [-0.2, -0.15) is 0 Å². The van der Waals surface area contributed by atoms with Gasteiger partial charge >= 0.3 is 0 Å². The molecule has 2 aliphatic heterocycles. The molecule has 0 aliphatic carbocycles. The average Bonchev–Trinajstić information content (AvgIpc) is 3.02. The quantitative estimate of drug-likeness (QED) is 0.862. The molecule has 0 bridgehead atoms. The summed E-state index contributed by atoms with van der Waals surface area (Å²) >= 11 is 0. The van der Waals surface area contributed by atoms with Crippen molar-refractivity contribution in [2.45, 2.75) is 25.6 Å². The topological polar surface area (TPSA) is 41.7 Å². The summed E-state index contributed by atoms with van der Waals surface area (Å²) in [5.74, 6) is 0.634. The second kappa shape index (κ2) is 7.47. The third-order valence-corrected chi connectivity index (χ3v) is 5.15. The Kier molecular flexibility index (Phi) is 4.92. The summed E-state index contributed by atoms with van der Waals surface area (Å²) in [5, 5.41) is 0. The van der Waals surface area contributed by atoms with Crippen molar-refractivity contribution in [3.63, 3.8) is 0 Å². The molecule has 2 fully saturated rings. The van der Waals surface area contributed by atoms with Crippen LogP contribution in [0, 0.1) is 5.92 Å². The first-order valence-electron chi connectivity index (χ1n) is 8.83. The van der Waals surface area contributed by atoms with Crippen molar-refractivity contribution in [1.29, 1.82) is 0 Å². The number of piperidine rings is 1. The summed E-state index contributed by atoms with van der Waals surface area (Å²) in [4.78, 5) is 9.13. The van der Waals surface area contributed by atoms with Crippen molar-refractivity contribution >= 4 is 0 Å². The minimum Gasteiger partial charge on any atom is -0.472 e. The van der Waals surface area contributed by atoms with Gasteiger partial charge in [0.2, 0.25) is 0 Å². The molecule has 0 saturated carbocycles. The molecule has 0 radical (unpaired) electrons. The second-order valence-electron chi connectivity index (χ2n) is 6.92. The molecule has 5 heteroatoms. The van der Waals surface area contributed by atoms with Gasteiger partial charge in [-0.15, -0.1) is 0 Å². The van der Waals surface area contributed by atoms with E-state index in [0.717, 1.165) is 45.9 Å². The molecule has 128 valence electrons. The number of nitrogens with zero attached hydrogens (tertiary/aromatic N) is 3. The van der Waals surface area contributed by atoms with Gasteiger partial charge in [-0.1, -0.05) is 0 Å². The molecule has 2 aromatic rings. The Morgan fingerprint density at radius 1 is 1.00 bits per heavy atom. The molecular formula is C19H25N3O2. The van der Waals surface area contributed by atoms with E-state index in [1.165, 1.54) is 17.5 Å². The molecule has 5 nitrogen and oxygen atoms in total. The van der Waals surface area contributed by atoms with E-state index in [-0.39, 0.29) is 0 Å². The van der Waals surface area contributed by atoms with Gasteiger partial charge in [0.1, 0.15) is 0 Å². The summed E-state index contributed by atoms with van der Waals surface area (Å²) < 4.78 is 11.4. The van der Waals surface area contributed by atoms with Crippen LogP contribution in [0.15, 0.2) is 47.5 Å². The zero-order valence-electron chi connectivity index (χ0n) is 14.0. The van der Waals surface area contributed by atoms with Gasteiger partial charge in [0, 0.05) is 56.6 Å². The lowest BCUT2D eigenvalue weighted by Crippen LogP contribution is -2.46. The summed E-state index contributed by atoms with van der Waals surface area (Å²) in [6.45, 7) is 7.09. The van der Waals surface area contributed by atoms with Crippen LogP contribution in [0.5, 0.6) is 0 Å². The molecule has 2 atom stereocenters. The molecule has 2 aromatic heterocycles. The zero-order chi connectivity index (χ0) is 16.2. The van der Waals surface area contributed by atoms with Crippen LogP contribution in [-0.4, -0.2) is 53.7 Å². The molecular weight excluding hydrogens is 302 g/mol. The second-order valence-corrected chi connectivity index (χ2v) is 6.92. The Balaban J connectivity index is 1.34. The largest absolute Gasteiger partial charge is 0.472 e. The number of ether oxygens (including phenoxy) is 1. The van der Waals surface area contributed by atoms with E-state index in [2.05, 4.69) is 33.0 Å². The van der Waals surface area contributed by atoms with E-state index < -0.39 is 0 Å². The smallest absolute Gasteiger partial charge is 0.0947 e. The fraction of sp³-hybridized carbons (Fsp3) is 0.526. The van der Waals surface area contributed by atoms with Gasteiger partial charge in [0.25, 0.3) is 0 Å². The zero-order valence-corrected chi connectivity index (χ0v) is 14.0. The third-order valence-electron chi connectivity index (χ3n) is 5.15. The number of hydrogen-bond acceptors (Lipinski definition) is 5. The Morgan fingerprint density at radius 2 is 1.83 bits per heavy atom. The highest BCUT2D eigenvalue weighted by Crippen LogP contribution is 2.25. The maximum Gasteiger partial charge on any atom is 0.0947 e. The Labute approximate surface area is 143 Å². The number of furan rings is 1. The SMILES string of the molecule is c1cc(CN2CCO[C@@H]3CN(Cc4ccoc4)CC[C@@H]3C2)ccn1. The Bertz CT molecular complexity index is 617. The summed E-state index contributed by atoms with van der Waals surface area (Å²) in [5.41, 5.74) is 2.59. The number of fused-ring (bicyclic) bond motifs is 1. The molecule has 4 heterocycles. The van der Waals surface area contributed by atoms with Crippen LogP contribution in [0.2, 0.25) is 0 Å². The highest BCUT2D eigenvalue weighted by Gasteiger charge is 2.33. The van der Waals surface area contributed by atoms with Crippen molar-refractivity contribution in [2.75, 3.05) is 32.8 Å². The summed E-state index contributed by atoms with van der Waals surface area (Å²) in [6.07, 6.45) is 8.91. The lowest BCUT2D eigenvalue weighted by molar-refractivity contribution is -0.0242. The van der Waals surface area contributed by atoms with Crippen molar-refractivity contribution in [2.24, 2.45) is 5.92 Å². The van der Waals surface area contributed by atoms with Crippen LogP contribution in [0.4, 0.5) is 0 Å². The van der Waals surface area contributed by atoms with E-state index in [1.54, 1.807) is 6.26 Å². The van der Waals surface area contributed by atoms with Gasteiger partial charge in [-0.3, -0.25) is 14.8 Å². The lowest BCUT2D eigenvalue weighted by Gasteiger charge is -2.37. The molecule has 2 saturated heterocycles. The monoisotopic (exact) mass is 327 g/mol. The lowest BCUT2D eigenvalue weighted by atomic mass is 9.93. The number of hydrogen-bond donors (Lipinski definition) is 0. The molecule has 4 rings (SSSR count). The van der Waals surface area contributed by atoms with E-state index in [9.17, 15) is 0 Å². The first-order chi connectivity index (χ1) is 11.9. The van der Waals surface area contributed by atoms with Crippen molar-refractivity contribution < 1.29 is 9.15 Å². The molecule has 0 N–H and O–H groups in total. The van der Waals surface area contributed by atoms with Crippen LogP contribution in [0.1, 0.15) is 17.5 Å². The standard InChI is InChI=1S/C19H25N3O2/c1-5-20-6-2-16(1)11-22-8-10-24-19-14-21(7-3-18(19)13-22)12-17-4-9-23-15-17/h1-2,4-6,9,15,18-19H,3,7-8,10-14H2/t18-,19-/m1/s1. The van der Waals surface area contributed by atoms with E-state index in [0.29, 0.717) is 12.0 Å². The maximum absolute atomic E-state index is 6.21. The first-order valence-corrected chi connectivity index (χ1v) is 8.83. The predicted molar refractivity (Wildman–Crippen MR) is 91.3 cm³/mol. The minimum atomic E-state index is 0.355. The van der Waals surface area contributed by atoms with E-state index in [1.807, 2.05) is 18.7 Å². The number of aromatic nitrogens is 1. The summed E-state index contributed by atoms with van der Waals surface area (Å²) in [7, 11) is 0. The highest BCUT2D eigenvalue weighted by atomic mass is 16.5. The highest BCUT2D eigenvalue weighted by molar-refractivity contribution is 5.09. The normalized spacial score (nSPS) is 26.0. The average molecular weight is 327 g/mol. The van der Waals surface area contributed by atoms with Crippen LogP contribution < -0.4 is 0 Å². The Morgan fingerprint density at radius 3 is 2.67 bits per heavy atom. The number of likely N-dealkylation sites (tertiary alicyclic amines) is 1. The fourth-order valence-corrected chi connectivity index (χ4v) is 3.86. The van der Waals surface area contributed by atoms with Gasteiger partial charge in [-0.25, -0.2) is 0 Å².